The number of amides is 2. The maximum Gasteiger partial charge on any atom is 0.411 e. The third kappa shape index (κ3) is 11.9. The topological polar surface area (TPSA) is 151 Å². The van der Waals surface area contributed by atoms with Gasteiger partial charge in [0.2, 0.25) is 0 Å². The minimum absolute atomic E-state index is 0.469. The van der Waals surface area contributed by atoms with Gasteiger partial charge in [-0.25, -0.2) is 26.4 Å². The van der Waals surface area contributed by atoms with Gasteiger partial charge in [0.25, 0.3) is 0 Å². The molecule has 0 saturated carbocycles. The normalized spacial score (nSPS) is 11.4. The fourth-order valence-electron chi connectivity index (χ4n) is 3.91. The van der Waals surface area contributed by atoms with E-state index in [0.717, 1.165) is 37.6 Å². The zero-order chi connectivity index (χ0) is 30.5. The molecule has 41 heavy (non-hydrogen) atoms. The molecule has 0 bridgehead atoms. The van der Waals surface area contributed by atoms with E-state index in [2.05, 4.69) is 20.4 Å². The Hall–Kier alpha value is -3.52. The molecular weight excluding hydrogens is 572 g/mol. The summed E-state index contributed by atoms with van der Waals surface area (Å²) < 4.78 is 58.9. The molecule has 12 nitrogen and oxygen atoms in total. The fraction of sp³-hybridized carbons (Fsp3) is 0.481. The predicted molar refractivity (Wildman–Crippen MR) is 162 cm³/mol. The number of anilines is 4. The average molecular weight is 613 g/mol. The molecule has 0 radical (unpaired) electrons. The number of carbonyl (C=O) groups excluding carboxylic acids is 2. The molecule has 228 valence electrons. The van der Waals surface area contributed by atoms with E-state index >= 15 is 0 Å². The highest BCUT2D eigenvalue weighted by Gasteiger charge is 2.23. The van der Waals surface area contributed by atoms with Crippen LogP contribution < -0.4 is 20.4 Å². The first-order valence-corrected chi connectivity index (χ1v) is 17.0. The third-order valence-electron chi connectivity index (χ3n) is 6.10. The lowest BCUT2D eigenvalue weighted by Gasteiger charge is -2.21. The first-order valence-electron chi connectivity index (χ1n) is 13.4. The van der Waals surface area contributed by atoms with Gasteiger partial charge in [-0.05, 0) is 76.2 Å². The summed E-state index contributed by atoms with van der Waals surface area (Å²) in [5, 5.41) is 3.84. The maximum absolute atomic E-state index is 12.3. The zero-order valence-corrected chi connectivity index (χ0v) is 25.6. The molecule has 0 aliphatic carbocycles. The van der Waals surface area contributed by atoms with Crippen molar-refractivity contribution in [3.8, 4) is 0 Å². The van der Waals surface area contributed by atoms with E-state index in [4.69, 9.17) is 9.47 Å². The van der Waals surface area contributed by atoms with Crippen LogP contribution in [0.3, 0.4) is 0 Å². The summed E-state index contributed by atoms with van der Waals surface area (Å²) in [4.78, 5) is 28.3. The Bertz CT molecular complexity index is 1220. The molecular formula is C27H40N4O8S2. The number of rotatable bonds is 16. The van der Waals surface area contributed by atoms with Crippen LogP contribution in [0.25, 0.3) is 0 Å². The Labute approximate surface area is 242 Å². The van der Waals surface area contributed by atoms with E-state index in [-0.39, 0.29) is 0 Å². The number of ether oxygens (including phenoxy) is 2. The van der Waals surface area contributed by atoms with Crippen LogP contribution in [0.15, 0.2) is 48.5 Å². The number of benzene rings is 2. The van der Waals surface area contributed by atoms with Crippen molar-refractivity contribution in [1.82, 2.24) is 0 Å². The second kappa shape index (κ2) is 16.1. The van der Waals surface area contributed by atoms with Crippen molar-refractivity contribution in [2.75, 3.05) is 76.4 Å². The molecule has 0 aromatic heterocycles. The van der Waals surface area contributed by atoms with Gasteiger partial charge in [0.1, 0.15) is 13.2 Å². The minimum atomic E-state index is -4.10. The molecule has 0 fully saturated rings. The quantitative estimate of drug-likeness (QED) is 0.285. The summed E-state index contributed by atoms with van der Waals surface area (Å²) in [6, 6.07) is 14.2. The molecule has 0 aliphatic heterocycles. The van der Waals surface area contributed by atoms with Crippen LogP contribution in [-0.2, 0) is 29.1 Å². The van der Waals surface area contributed by atoms with Crippen molar-refractivity contribution in [3.63, 3.8) is 0 Å². The number of hydrogen-bond acceptors (Lipinski definition) is 10. The molecule has 2 rings (SSSR count). The van der Waals surface area contributed by atoms with E-state index in [1.54, 1.807) is 24.3 Å². The monoisotopic (exact) mass is 612 g/mol. The molecule has 0 saturated heterocycles. The summed E-state index contributed by atoms with van der Waals surface area (Å²) in [6.07, 6.45) is -1.72. The van der Waals surface area contributed by atoms with Crippen molar-refractivity contribution >= 4 is 54.6 Å². The van der Waals surface area contributed by atoms with E-state index in [9.17, 15) is 26.4 Å². The molecule has 2 amide bonds. The highest BCUT2D eigenvalue weighted by atomic mass is 32.3. The van der Waals surface area contributed by atoms with Gasteiger partial charge >= 0.3 is 12.2 Å². The van der Waals surface area contributed by atoms with Gasteiger partial charge in [-0.15, -0.1) is 0 Å². The SMILES string of the molecule is CCN(CC)c1ccc(NC(=O)OCCS(=O)(=O)CS(=O)(=O)CCOC(=O)Nc2ccc(N(CC)CC)cc2)cc1. The van der Waals surface area contributed by atoms with Gasteiger partial charge in [0.05, 0.1) is 11.5 Å². The maximum atomic E-state index is 12.3. The smallest absolute Gasteiger partial charge is 0.411 e. The van der Waals surface area contributed by atoms with E-state index in [1.165, 1.54) is 0 Å². The lowest BCUT2D eigenvalue weighted by atomic mass is 10.2. The van der Waals surface area contributed by atoms with Crippen LogP contribution in [0.2, 0.25) is 0 Å². The highest BCUT2D eigenvalue weighted by molar-refractivity contribution is 8.08. The fourth-order valence-corrected chi connectivity index (χ4v) is 7.72. The van der Waals surface area contributed by atoms with Crippen molar-refractivity contribution < 1.29 is 35.9 Å². The van der Waals surface area contributed by atoms with Gasteiger partial charge in [-0.2, -0.15) is 0 Å². The number of nitrogens with zero attached hydrogens (tertiary/aromatic N) is 2. The predicted octanol–water partition coefficient (Wildman–Crippen LogP) is 3.96. The van der Waals surface area contributed by atoms with Gasteiger partial charge in [-0.3, -0.25) is 10.6 Å². The molecule has 2 aromatic rings. The highest BCUT2D eigenvalue weighted by Crippen LogP contribution is 2.19. The number of carbonyl (C=O) groups is 2. The number of hydrogen-bond donors (Lipinski definition) is 2. The molecule has 0 unspecified atom stereocenters. The molecule has 2 N–H and O–H groups in total. The number of sulfone groups is 2. The van der Waals surface area contributed by atoms with Crippen LogP contribution in [0.1, 0.15) is 27.7 Å². The number of nitrogens with one attached hydrogen (secondary N) is 2. The van der Waals surface area contributed by atoms with Gasteiger partial charge in [0.15, 0.2) is 24.8 Å². The zero-order valence-electron chi connectivity index (χ0n) is 24.0. The summed E-state index contributed by atoms with van der Waals surface area (Å²) in [5.41, 5.74) is 2.93. The summed E-state index contributed by atoms with van der Waals surface area (Å²) in [7, 11) is -8.20. The van der Waals surface area contributed by atoms with Gasteiger partial charge < -0.3 is 19.3 Å². The third-order valence-corrected chi connectivity index (χ3v) is 10.5. The van der Waals surface area contributed by atoms with Crippen molar-refractivity contribution in [1.29, 1.82) is 0 Å². The Balaban J connectivity index is 1.73. The lowest BCUT2D eigenvalue weighted by molar-refractivity contribution is 0.167. The van der Waals surface area contributed by atoms with Crippen LogP contribution in [-0.4, -0.2) is 85.0 Å². The average Bonchev–Trinajstić information content (AvgIpc) is 2.91. The Morgan fingerprint density at radius 3 is 1.22 bits per heavy atom. The van der Waals surface area contributed by atoms with Crippen LogP contribution in [0.5, 0.6) is 0 Å². The second-order valence-electron chi connectivity index (χ2n) is 8.97. The largest absolute Gasteiger partial charge is 0.448 e. The molecule has 14 heteroatoms. The van der Waals surface area contributed by atoms with Gasteiger partial charge in [0, 0.05) is 48.9 Å². The Morgan fingerprint density at radius 1 is 0.610 bits per heavy atom. The lowest BCUT2D eigenvalue weighted by Crippen LogP contribution is -2.27. The Kier molecular flexibility index (Phi) is 13.2. The van der Waals surface area contributed by atoms with E-state index in [1.807, 2.05) is 52.0 Å². The van der Waals surface area contributed by atoms with Crippen molar-refractivity contribution in [3.05, 3.63) is 48.5 Å². The minimum Gasteiger partial charge on any atom is -0.448 e. The summed E-state index contributed by atoms with van der Waals surface area (Å²) >= 11 is 0. The first kappa shape index (κ1) is 33.7. The standard InChI is InChI=1S/C27H40N4O8S2/c1-5-30(6-2)24-13-9-22(10-14-24)28-26(32)38-17-19-40(34,35)21-41(36,37)20-18-39-27(33)29-23-11-15-25(16-12-23)31(7-3)8-4/h9-16H,5-8,17-21H2,1-4H3,(H,28,32)(H,29,33). The summed E-state index contributed by atoms with van der Waals surface area (Å²) in [6.45, 7) is 10.5. The van der Waals surface area contributed by atoms with Crippen molar-refractivity contribution in [2.24, 2.45) is 0 Å². The second-order valence-corrected chi connectivity index (χ2v) is 13.7. The molecule has 0 atom stereocenters. The Morgan fingerprint density at radius 2 is 0.927 bits per heavy atom. The molecule has 0 spiro atoms. The van der Waals surface area contributed by atoms with E-state index in [0.29, 0.717) is 11.4 Å². The molecule has 0 aliphatic rings. The molecule has 0 heterocycles. The van der Waals surface area contributed by atoms with Crippen LogP contribution >= 0.6 is 0 Å². The van der Waals surface area contributed by atoms with Crippen LogP contribution in [0.4, 0.5) is 32.3 Å². The van der Waals surface area contributed by atoms with Crippen molar-refractivity contribution in [2.45, 2.75) is 27.7 Å². The van der Waals surface area contributed by atoms with Gasteiger partial charge in [-0.1, -0.05) is 0 Å². The van der Waals surface area contributed by atoms with Crippen LogP contribution in [0, 0.1) is 0 Å². The first-order chi connectivity index (χ1) is 19.4. The van der Waals surface area contributed by atoms with E-state index < -0.39 is 61.7 Å². The summed E-state index contributed by atoms with van der Waals surface area (Å²) in [5.74, 6) is -1.35. The molecule has 2 aromatic carbocycles.